The van der Waals surface area contributed by atoms with Crippen molar-refractivity contribution >= 4 is 34.8 Å². The van der Waals surface area contributed by atoms with Crippen LogP contribution in [0.1, 0.15) is 42.1 Å². The molecule has 7 nitrogen and oxygen atoms in total. The predicted octanol–water partition coefficient (Wildman–Crippen LogP) is 3.96. The molecule has 1 saturated carbocycles. The monoisotopic (exact) mass is 409 g/mol. The van der Waals surface area contributed by atoms with Crippen LogP contribution < -0.4 is 16.0 Å². The molecule has 0 atom stereocenters. The van der Waals surface area contributed by atoms with E-state index in [9.17, 15) is 14.4 Å². The van der Waals surface area contributed by atoms with Crippen molar-refractivity contribution in [3.05, 3.63) is 53.6 Å². The highest BCUT2D eigenvalue weighted by Crippen LogP contribution is 2.31. The van der Waals surface area contributed by atoms with Gasteiger partial charge >= 0.3 is 5.97 Å². The number of rotatable bonds is 9. The number of carbonyl (C=O) groups excluding carboxylic acids is 3. The molecule has 30 heavy (non-hydrogen) atoms. The lowest BCUT2D eigenvalue weighted by molar-refractivity contribution is -0.117. The van der Waals surface area contributed by atoms with Gasteiger partial charge in [-0.15, -0.1) is 0 Å². The molecule has 3 N–H and O–H groups in total. The molecule has 7 heteroatoms. The molecule has 0 saturated heterocycles. The topological polar surface area (TPSA) is 96.5 Å². The molecule has 0 spiro atoms. The van der Waals surface area contributed by atoms with Crippen molar-refractivity contribution in [2.45, 2.75) is 33.1 Å². The standard InChI is InChI=1S/C23H27N3O4/c1-3-13-30-23(29)17-9-11-18(12-10-17)25-21(27)14-24-19-5-4-6-20(15(19)2)26-22(28)16-7-8-16/h4-6,9-12,16,24H,3,7-8,13-14H2,1-2H3,(H,25,27)(H,26,28). The van der Waals surface area contributed by atoms with Gasteiger partial charge in [-0.25, -0.2) is 4.79 Å². The van der Waals surface area contributed by atoms with Gasteiger partial charge < -0.3 is 20.7 Å². The average Bonchev–Trinajstić information content (AvgIpc) is 3.58. The van der Waals surface area contributed by atoms with Crippen LogP contribution in [0.2, 0.25) is 0 Å². The molecule has 0 bridgehead atoms. The van der Waals surface area contributed by atoms with E-state index in [-0.39, 0.29) is 30.2 Å². The van der Waals surface area contributed by atoms with Gasteiger partial charge in [-0.05, 0) is 68.1 Å². The molecule has 158 valence electrons. The van der Waals surface area contributed by atoms with Gasteiger partial charge in [0, 0.05) is 23.0 Å². The smallest absolute Gasteiger partial charge is 0.338 e. The molecule has 0 heterocycles. The fourth-order valence-electron chi connectivity index (χ4n) is 2.89. The van der Waals surface area contributed by atoms with Gasteiger partial charge in [-0.1, -0.05) is 13.0 Å². The molecule has 1 aliphatic carbocycles. The number of ether oxygens (including phenoxy) is 1. The van der Waals surface area contributed by atoms with Gasteiger partial charge in [0.25, 0.3) is 0 Å². The Balaban J connectivity index is 1.52. The first-order valence-corrected chi connectivity index (χ1v) is 10.2. The van der Waals surface area contributed by atoms with Crippen LogP contribution in [0.25, 0.3) is 0 Å². The second-order valence-corrected chi connectivity index (χ2v) is 7.36. The van der Waals surface area contributed by atoms with Gasteiger partial charge in [0.1, 0.15) is 0 Å². The molecule has 0 radical (unpaired) electrons. The minimum Gasteiger partial charge on any atom is -0.462 e. The lowest BCUT2D eigenvalue weighted by atomic mass is 10.1. The first kappa shape index (κ1) is 21.4. The van der Waals surface area contributed by atoms with Gasteiger partial charge in [-0.3, -0.25) is 9.59 Å². The highest BCUT2D eigenvalue weighted by Gasteiger charge is 2.29. The van der Waals surface area contributed by atoms with Gasteiger partial charge in [0.2, 0.25) is 11.8 Å². The molecule has 0 unspecified atom stereocenters. The molecule has 0 aromatic heterocycles. The Hall–Kier alpha value is -3.35. The summed E-state index contributed by atoms with van der Waals surface area (Å²) in [5, 5.41) is 8.84. The summed E-state index contributed by atoms with van der Waals surface area (Å²) in [7, 11) is 0. The van der Waals surface area contributed by atoms with Crippen molar-refractivity contribution in [2.75, 3.05) is 29.1 Å². The Morgan fingerprint density at radius 2 is 1.70 bits per heavy atom. The number of hydrogen-bond donors (Lipinski definition) is 3. The van der Waals surface area contributed by atoms with Crippen LogP contribution in [0, 0.1) is 12.8 Å². The molecular weight excluding hydrogens is 382 g/mol. The number of amides is 2. The van der Waals surface area contributed by atoms with E-state index in [0.29, 0.717) is 17.9 Å². The third kappa shape index (κ3) is 5.83. The Morgan fingerprint density at radius 3 is 2.37 bits per heavy atom. The predicted molar refractivity (Wildman–Crippen MR) is 117 cm³/mol. The van der Waals surface area contributed by atoms with Crippen molar-refractivity contribution in [1.82, 2.24) is 0 Å². The van der Waals surface area contributed by atoms with Crippen LogP contribution >= 0.6 is 0 Å². The summed E-state index contributed by atoms with van der Waals surface area (Å²) < 4.78 is 5.08. The zero-order valence-corrected chi connectivity index (χ0v) is 17.3. The Morgan fingerprint density at radius 1 is 1.00 bits per heavy atom. The summed E-state index contributed by atoms with van der Waals surface area (Å²) in [6.45, 7) is 4.29. The Bertz CT molecular complexity index is 921. The van der Waals surface area contributed by atoms with Gasteiger partial charge in [0.15, 0.2) is 0 Å². The molecule has 3 rings (SSSR count). The average molecular weight is 409 g/mol. The van der Waals surface area contributed by atoms with E-state index in [0.717, 1.165) is 36.2 Å². The van der Waals surface area contributed by atoms with E-state index in [2.05, 4.69) is 16.0 Å². The number of hydrogen-bond acceptors (Lipinski definition) is 5. The lowest BCUT2D eigenvalue weighted by Crippen LogP contribution is -2.22. The molecule has 1 aliphatic rings. The number of anilines is 3. The fourth-order valence-corrected chi connectivity index (χ4v) is 2.89. The van der Waals surface area contributed by atoms with E-state index in [1.54, 1.807) is 24.3 Å². The van der Waals surface area contributed by atoms with E-state index in [1.165, 1.54) is 0 Å². The summed E-state index contributed by atoms with van der Waals surface area (Å²) >= 11 is 0. The zero-order chi connectivity index (χ0) is 21.5. The Kier molecular flexibility index (Phi) is 7.06. The van der Waals surface area contributed by atoms with Crippen LogP contribution in [-0.2, 0) is 14.3 Å². The summed E-state index contributed by atoms with van der Waals surface area (Å²) in [5.74, 6) is -0.412. The van der Waals surface area contributed by atoms with Crippen molar-refractivity contribution in [3.8, 4) is 0 Å². The molecule has 2 aromatic rings. The summed E-state index contributed by atoms with van der Waals surface area (Å²) in [4.78, 5) is 36.1. The fraction of sp³-hybridized carbons (Fsp3) is 0.348. The van der Waals surface area contributed by atoms with Crippen LogP contribution in [0.3, 0.4) is 0 Å². The third-order valence-electron chi connectivity index (χ3n) is 4.82. The number of nitrogens with one attached hydrogen (secondary N) is 3. The minimum atomic E-state index is -0.375. The SMILES string of the molecule is CCCOC(=O)c1ccc(NC(=O)CNc2cccc(NC(=O)C3CC3)c2C)cc1. The molecule has 1 fully saturated rings. The normalized spacial score (nSPS) is 12.7. The quantitative estimate of drug-likeness (QED) is 0.545. The molecule has 0 aliphatic heterocycles. The number of benzene rings is 2. The van der Waals surface area contributed by atoms with E-state index >= 15 is 0 Å². The highest BCUT2D eigenvalue weighted by atomic mass is 16.5. The van der Waals surface area contributed by atoms with E-state index in [4.69, 9.17) is 4.74 Å². The summed E-state index contributed by atoms with van der Waals surface area (Å²) in [6.07, 6.45) is 2.66. The maximum Gasteiger partial charge on any atom is 0.338 e. The number of esters is 1. The zero-order valence-electron chi connectivity index (χ0n) is 17.3. The van der Waals surface area contributed by atoms with E-state index in [1.807, 2.05) is 32.0 Å². The second-order valence-electron chi connectivity index (χ2n) is 7.36. The van der Waals surface area contributed by atoms with Gasteiger partial charge in [0.05, 0.1) is 18.7 Å². The van der Waals surface area contributed by atoms with Crippen molar-refractivity contribution in [1.29, 1.82) is 0 Å². The minimum absolute atomic E-state index is 0.0509. The maximum absolute atomic E-state index is 12.3. The first-order chi connectivity index (χ1) is 14.5. The second kappa shape index (κ2) is 9.91. The summed E-state index contributed by atoms with van der Waals surface area (Å²) in [5.41, 5.74) is 3.46. The molecule has 2 amide bonds. The van der Waals surface area contributed by atoms with E-state index < -0.39 is 0 Å². The largest absolute Gasteiger partial charge is 0.462 e. The third-order valence-corrected chi connectivity index (χ3v) is 4.82. The van der Waals surface area contributed by atoms with Crippen molar-refractivity contribution in [2.24, 2.45) is 5.92 Å². The first-order valence-electron chi connectivity index (χ1n) is 10.2. The van der Waals surface area contributed by atoms with Gasteiger partial charge in [-0.2, -0.15) is 0 Å². The maximum atomic E-state index is 12.3. The van der Waals surface area contributed by atoms with Crippen LogP contribution in [0.5, 0.6) is 0 Å². The van der Waals surface area contributed by atoms with Crippen molar-refractivity contribution in [3.63, 3.8) is 0 Å². The lowest BCUT2D eigenvalue weighted by Gasteiger charge is -2.14. The van der Waals surface area contributed by atoms with Crippen LogP contribution in [0.15, 0.2) is 42.5 Å². The highest BCUT2D eigenvalue weighted by molar-refractivity contribution is 5.97. The van der Waals surface area contributed by atoms with Crippen molar-refractivity contribution < 1.29 is 19.1 Å². The molecule has 2 aromatic carbocycles. The van der Waals surface area contributed by atoms with Crippen LogP contribution in [0.4, 0.5) is 17.1 Å². The van der Waals surface area contributed by atoms with Crippen LogP contribution in [-0.4, -0.2) is 30.9 Å². The number of carbonyl (C=O) groups is 3. The Labute approximate surface area is 176 Å². The summed E-state index contributed by atoms with van der Waals surface area (Å²) in [6, 6.07) is 12.1. The molecular formula is C23H27N3O4.